The van der Waals surface area contributed by atoms with Crippen LogP contribution in [-0.4, -0.2) is 39.1 Å². The first-order valence-corrected chi connectivity index (χ1v) is 8.42. The van der Waals surface area contributed by atoms with Gasteiger partial charge < -0.3 is 4.90 Å². The SMILES string of the molecule is O=C(c1ccn[nH]1)N1CCC(Cc2ccc3ncccc3c2)CC1. The Bertz CT molecular complexity index is 835. The van der Waals surface area contributed by atoms with E-state index in [1.807, 2.05) is 17.2 Å². The van der Waals surface area contributed by atoms with Crippen molar-refractivity contribution in [2.75, 3.05) is 13.1 Å². The molecule has 0 spiro atoms. The molecule has 2 aromatic heterocycles. The number of pyridine rings is 1. The van der Waals surface area contributed by atoms with E-state index in [2.05, 4.69) is 39.4 Å². The molecule has 1 aliphatic heterocycles. The van der Waals surface area contributed by atoms with Crippen molar-refractivity contribution in [3.63, 3.8) is 0 Å². The summed E-state index contributed by atoms with van der Waals surface area (Å²) in [5, 5.41) is 7.81. The molecule has 0 bridgehead atoms. The number of likely N-dealkylation sites (tertiary alicyclic amines) is 1. The minimum Gasteiger partial charge on any atom is -0.337 e. The standard InChI is InChI=1S/C19H20N4O/c24-19(18-5-9-21-22-18)23-10-6-14(7-11-23)12-15-3-4-17-16(13-15)2-1-8-20-17/h1-5,8-9,13-14H,6-7,10-12H2,(H,21,22). The molecule has 4 rings (SSSR count). The van der Waals surface area contributed by atoms with Crippen LogP contribution >= 0.6 is 0 Å². The number of nitrogens with one attached hydrogen (secondary N) is 1. The lowest BCUT2D eigenvalue weighted by Crippen LogP contribution is -2.39. The summed E-state index contributed by atoms with van der Waals surface area (Å²) in [5.41, 5.74) is 2.98. The fourth-order valence-corrected chi connectivity index (χ4v) is 3.47. The summed E-state index contributed by atoms with van der Waals surface area (Å²) < 4.78 is 0. The summed E-state index contributed by atoms with van der Waals surface area (Å²) in [4.78, 5) is 18.6. The lowest BCUT2D eigenvalue weighted by atomic mass is 9.89. The summed E-state index contributed by atoms with van der Waals surface area (Å²) >= 11 is 0. The van der Waals surface area contributed by atoms with Crippen LogP contribution in [0.2, 0.25) is 0 Å². The number of H-pyrrole nitrogens is 1. The molecule has 1 fully saturated rings. The lowest BCUT2D eigenvalue weighted by molar-refractivity contribution is 0.0684. The molecule has 3 heterocycles. The van der Waals surface area contributed by atoms with Crippen LogP contribution in [0.15, 0.2) is 48.8 Å². The van der Waals surface area contributed by atoms with E-state index in [0.717, 1.165) is 37.9 Å². The van der Waals surface area contributed by atoms with E-state index in [1.165, 1.54) is 10.9 Å². The Morgan fingerprint density at radius 3 is 2.83 bits per heavy atom. The summed E-state index contributed by atoms with van der Waals surface area (Å²) in [6, 6.07) is 12.3. The van der Waals surface area contributed by atoms with Gasteiger partial charge >= 0.3 is 0 Å². The third-order valence-electron chi connectivity index (χ3n) is 4.82. The van der Waals surface area contributed by atoms with Crippen molar-refractivity contribution in [1.82, 2.24) is 20.1 Å². The van der Waals surface area contributed by atoms with E-state index in [0.29, 0.717) is 11.6 Å². The normalized spacial score (nSPS) is 15.8. The Balaban J connectivity index is 1.38. The molecule has 1 aliphatic rings. The molecular weight excluding hydrogens is 300 g/mol. The zero-order valence-electron chi connectivity index (χ0n) is 13.5. The number of benzene rings is 1. The fourth-order valence-electron chi connectivity index (χ4n) is 3.47. The molecule has 5 nitrogen and oxygen atoms in total. The van der Waals surface area contributed by atoms with Gasteiger partial charge in [0.25, 0.3) is 5.91 Å². The van der Waals surface area contributed by atoms with Gasteiger partial charge in [-0.2, -0.15) is 5.10 Å². The number of hydrogen-bond acceptors (Lipinski definition) is 3. The third kappa shape index (κ3) is 3.02. The molecule has 122 valence electrons. The van der Waals surface area contributed by atoms with Crippen LogP contribution in [0.25, 0.3) is 10.9 Å². The van der Waals surface area contributed by atoms with Crippen molar-refractivity contribution < 1.29 is 4.79 Å². The number of rotatable bonds is 3. The Labute approximate surface area is 140 Å². The monoisotopic (exact) mass is 320 g/mol. The van der Waals surface area contributed by atoms with Gasteiger partial charge in [0, 0.05) is 30.9 Å². The van der Waals surface area contributed by atoms with Gasteiger partial charge in [-0.1, -0.05) is 12.1 Å². The Kier molecular flexibility index (Phi) is 3.99. The average Bonchev–Trinajstić information content (AvgIpc) is 3.16. The second-order valence-corrected chi connectivity index (χ2v) is 6.44. The number of hydrogen-bond donors (Lipinski definition) is 1. The highest BCUT2D eigenvalue weighted by Gasteiger charge is 2.24. The van der Waals surface area contributed by atoms with Gasteiger partial charge in [0.15, 0.2) is 0 Å². The molecule has 0 saturated carbocycles. The molecule has 0 radical (unpaired) electrons. The summed E-state index contributed by atoms with van der Waals surface area (Å²) in [6.07, 6.45) is 6.61. The van der Waals surface area contributed by atoms with Crippen molar-refractivity contribution in [1.29, 1.82) is 0 Å². The topological polar surface area (TPSA) is 61.9 Å². The van der Waals surface area contributed by atoms with E-state index < -0.39 is 0 Å². The highest BCUT2D eigenvalue weighted by atomic mass is 16.2. The molecule has 1 amide bonds. The second kappa shape index (κ2) is 6.43. The summed E-state index contributed by atoms with van der Waals surface area (Å²) in [7, 11) is 0. The van der Waals surface area contributed by atoms with E-state index >= 15 is 0 Å². The number of carbonyl (C=O) groups excluding carboxylic acids is 1. The molecule has 1 aromatic carbocycles. The maximum atomic E-state index is 12.3. The van der Waals surface area contributed by atoms with Crippen LogP contribution in [0.3, 0.4) is 0 Å². The van der Waals surface area contributed by atoms with Gasteiger partial charge in [0.2, 0.25) is 0 Å². The van der Waals surface area contributed by atoms with Crippen molar-refractivity contribution in [2.24, 2.45) is 5.92 Å². The van der Waals surface area contributed by atoms with Gasteiger partial charge in [-0.15, -0.1) is 0 Å². The largest absolute Gasteiger partial charge is 0.337 e. The molecule has 0 atom stereocenters. The minimum absolute atomic E-state index is 0.0581. The van der Waals surface area contributed by atoms with Crippen molar-refractivity contribution in [3.8, 4) is 0 Å². The zero-order chi connectivity index (χ0) is 16.4. The molecule has 0 aliphatic carbocycles. The Morgan fingerprint density at radius 1 is 1.17 bits per heavy atom. The first-order chi connectivity index (χ1) is 11.8. The number of fused-ring (bicyclic) bond motifs is 1. The molecule has 3 aromatic rings. The van der Waals surface area contributed by atoms with Gasteiger partial charge in [-0.05, 0) is 55.0 Å². The number of nitrogens with zero attached hydrogens (tertiary/aromatic N) is 3. The Morgan fingerprint density at radius 2 is 2.04 bits per heavy atom. The molecule has 1 N–H and O–H groups in total. The molecule has 24 heavy (non-hydrogen) atoms. The first-order valence-electron chi connectivity index (χ1n) is 8.42. The highest BCUT2D eigenvalue weighted by molar-refractivity contribution is 5.92. The van der Waals surface area contributed by atoms with Crippen LogP contribution < -0.4 is 0 Å². The Hall–Kier alpha value is -2.69. The molecule has 0 unspecified atom stereocenters. The van der Waals surface area contributed by atoms with E-state index in [4.69, 9.17) is 0 Å². The van der Waals surface area contributed by atoms with Crippen LogP contribution in [0, 0.1) is 5.92 Å². The minimum atomic E-state index is 0.0581. The van der Waals surface area contributed by atoms with E-state index in [9.17, 15) is 4.79 Å². The average molecular weight is 320 g/mol. The number of piperidine rings is 1. The summed E-state index contributed by atoms with van der Waals surface area (Å²) in [5.74, 6) is 0.688. The molecule has 1 saturated heterocycles. The van der Waals surface area contributed by atoms with E-state index in [1.54, 1.807) is 12.3 Å². The van der Waals surface area contributed by atoms with Crippen LogP contribution in [0.1, 0.15) is 28.9 Å². The first kappa shape index (κ1) is 14.9. The van der Waals surface area contributed by atoms with Crippen molar-refractivity contribution >= 4 is 16.8 Å². The van der Waals surface area contributed by atoms with Crippen LogP contribution in [0.5, 0.6) is 0 Å². The predicted molar refractivity (Wildman–Crippen MR) is 92.7 cm³/mol. The van der Waals surface area contributed by atoms with Crippen LogP contribution in [0.4, 0.5) is 0 Å². The molecule has 5 heteroatoms. The quantitative estimate of drug-likeness (QED) is 0.807. The van der Waals surface area contributed by atoms with Gasteiger partial charge in [-0.25, -0.2) is 0 Å². The maximum Gasteiger partial charge on any atom is 0.271 e. The van der Waals surface area contributed by atoms with Crippen LogP contribution in [-0.2, 0) is 6.42 Å². The van der Waals surface area contributed by atoms with Crippen molar-refractivity contribution in [2.45, 2.75) is 19.3 Å². The predicted octanol–water partition coefficient (Wildman–Crippen LogP) is 3.05. The van der Waals surface area contributed by atoms with Gasteiger partial charge in [0.1, 0.15) is 5.69 Å². The third-order valence-corrected chi connectivity index (χ3v) is 4.82. The zero-order valence-corrected chi connectivity index (χ0v) is 13.5. The van der Waals surface area contributed by atoms with Crippen molar-refractivity contribution in [3.05, 3.63) is 60.0 Å². The number of aromatic amines is 1. The summed E-state index contributed by atoms with van der Waals surface area (Å²) in [6.45, 7) is 1.63. The highest BCUT2D eigenvalue weighted by Crippen LogP contribution is 2.24. The molecular formula is C19H20N4O. The smallest absolute Gasteiger partial charge is 0.271 e. The lowest BCUT2D eigenvalue weighted by Gasteiger charge is -2.31. The number of aromatic nitrogens is 3. The van der Waals surface area contributed by atoms with Gasteiger partial charge in [-0.3, -0.25) is 14.9 Å². The van der Waals surface area contributed by atoms with E-state index in [-0.39, 0.29) is 5.91 Å². The fraction of sp³-hybridized carbons (Fsp3) is 0.316. The maximum absolute atomic E-state index is 12.3. The second-order valence-electron chi connectivity index (χ2n) is 6.44. The van der Waals surface area contributed by atoms with Gasteiger partial charge in [0.05, 0.1) is 5.52 Å². The number of amides is 1. The number of carbonyl (C=O) groups is 1.